The van der Waals surface area contributed by atoms with Crippen LogP contribution in [0.5, 0.6) is 0 Å². The van der Waals surface area contributed by atoms with E-state index in [0.29, 0.717) is 10.1 Å². The Morgan fingerprint density at radius 3 is 1.01 bits per heavy atom. The van der Waals surface area contributed by atoms with E-state index in [9.17, 15) is 85.2 Å². The number of carboxylic acids is 2. The van der Waals surface area contributed by atoms with Gasteiger partial charge in [0.1, 0.15) is 0 Å². The molecule has 83 heavy (non-hydrogen) atoms. The molecule has 2 aliphatic rings. The predicted octanol–water partition coefficient (Wildman–Crippen LogP) is -3.95. The number of imide groups is 2. The number of hydrogen-bond donors (Lipinski definition) is 3. The Kier molecular flexibility index (Phi) is 79.0. The number of carbonyl (C=O) groups excluding carboxylic acids is 7. The third-order valence-corrected chi connectivity index (χ3v) is 16.0. The third kappa shape index (κ3) is 83.2. The number of carbonyl (C=O) groups is 9. The van der Waals surface area contributed by atoms with Crippen molar-refractivity contribution >= 4 is 223 Å². The summed E-state index contributed by atoms with van der Waals surface area (Å²) >= 11 is 29.0. The van der Waals surface area contributed by atoms with Gasteiger partial charge in [0.05, 0.1) is 65.3 Å². The fourth-order valence-corrected chi connectivity index (χ4v) is 10.4. The molecule has 0 aromatic rings. The zero-order valence-corrected chi connectivity index (χ0v) is 59.0. The van der Waals surface area contributed by atoms with Crippen LogP contribution in [0.25, 0.3) is 0 Å². The maximum atomic E-state index is 11.3. The van der Waals surface area contributed by atoms with Crippen LogP contribution in [0.3, 0.4) is 0 Å². The standard InChI is InChI=1S/C9H12ClNO6S.C9H11NO6S.C5H8Cl2O3S.C5H9ClO4S.C3H4O2.C2H4Cl2O2S.CH4.Cl2OS.HNS.2Na.O3S.H2O.H/c10-4-6-18(15,16)5-3-9(14)17-11-7(12)1-2-8(11)13;1-2-17(14,15)6-5-9(13)16-10-7(11)3-4-8(10)12;2*6-2-4-11(9,10)3-1-5(7)8;1-2-3(4)5;3-1-2-7(4,5)6;;1-4(2)3;1-2;;;1-4(2)3;;/h1-6H2;2H,1,3-6H2;1-4H2;1-4H2,(H,7,8);2H,1H2,(H,4,5);1-2H2;1H4;;1H;;;;1H2;/q;;;;;;;;;2*+1;;;-1/p-1. The molecule has 4 N–H and O–H groups in total. The van der Waals surface area contributed by atoms with Gasteiger partial charge < -0.3 is 26.8 Å². The molecule has 0 unspecified atom stereocenters. The maximum absolute atomic E-state index is 11.3. The fraction of sp³-hybridized carbons (Fsp3) is 0.618. The Morgan fingerprint density at radius 1 is 0.578 bits per heavy atom. The summed E-state index contributed by atoms with van der Waals surface area (Å²) in [6.45, 7) is 6.04. The summed E-state index contributed by atoms with van der Waals surface area (Å²) in [5, 5.41) is 16.6. The van der Waals surface area contributed by atoms with Crippen molar-refractivity contribution in [3.8, 4) is 0 Å². The van der Waals surface area contributed by atoms with Crippen molar-refractivity contribution in [1.29, 1.82) is 4.78 Å². The molecule has 0 spiro atoms. The SMILES string of the molecule is C.C=CC(=O)O.C=CS(=O)(=O)CCC(=O)ON1C(=O)CCC1=O.N=S.O=C(CCS(=O)(=O)CCCl)ON1C(=O)CCC1=O.O=C(Cl)CCS(=O)(=O)CCCl.O=C(O)CCS(=O)(=O)CCCl.O=S(=O)(Cl)CCCl.O=S(=O)=O.O=S(Cl)Cl.[H-].[Na+].[Na+].[OH-]. The summed E-state index contributed by atoms with van der Waals surface area (Å²) < 4.78 is 147. The van der Waals surface area contributed by atoms with Crippen molar-refractivity contribution in [3.63, 3.8) is 0 Å². The van der Waals surface area contributed by atoms with Crippen molar-refractivity contribution < 1.29 is 188 Å². The molecule has 0 aromatic carbocycles. The molecule has 4 amide bonds. The van der Waals surface area contributed by atoms with Crippen LogP contribution < -0.4 is 59.1 Å². The Bertz CT molecular complexity index is 2650. The maximum Gasteiger partial charge on any atom is 1.00 e. The quantitative estimate of drug-likeness (QED) is 0.0273. The topological polar surface area (TPSA) is 512 Å². The molecular formula is C34H55Cl8N3Na2O28S8. The number of sulfone groups is 4. The van der Waals surface area contributed by atoms with Crippen molar-refractivity contribution in [2.24, 2.45) is 0 Å². The normalized spacial score (nSPS) is 12.0. The fourth-order valence-electron chi connectivity index (χ4n) is 3.39. The second-order valence-electron chi connectivity index (χ2n) is 12.8. The molecule has 2 aliphatic heterocycles. The van der Waals surface area contributed by atoms with E-state index >= 15 is 0 Å². The molecular weight excluding hydrogens is 1480 g/mol. The van der Waals surface area contributed by atoms with Crippen LogP contribution in [0.4, 0.5) is 0 Å². The number of halogens is 8. The smallest absolute Gasteiger partial charge is 1.00 e. The van der Waals surface area contributed by atoms with E-state index in [-0.39, 0.29) is 170 Å². The van der Waals surface area contributed by atoms with Gasteiger partial charge in [0.2, 0.25) is 23.5 Å². The van der Waals surface area contributed by atoms with E-state index in [4.69, 9.17) is 101 Å². The Balaban J connectivity index is -0.0000000732. The Morgan fingerprint density at radius 2 is 0.819 bits per heavy atom. The second kappa shape index (κ2) is 61.4. The average Bonchev–Trinajstić information content (AvgIpc) is 3.80. The number of nitrogens with one attached hydrogen (secondary N) is 1. The minimum absolute atomic E-state index is 0. The van der Waals surface area contributed by atoms with Crippen molar-refractivity contribution in [2.45, 2.75) is 58.8 Å². The number of amides is 4. The average molecular weight is 1540 g/mol. The van der Waals surface area contributed by atoms with E-state index in [1.54, 1.807) is 0 Å². The monoisotopic (exact) mass is 1530 g/mol. The van der Waals surface area contributed by atoms with E-state index in [1.807, 2.05) is 0 Å². The van der Waals surface area contributed by atoms with Gasteiger partial charge in [0.25, 0.3) is 23.6 Å². The van der Waals surface area contributed by atoms with Gasteiger partial charge in [-0.2, -0.15) is 0 Å². The van der Waals surface area contributed by atoms with Crippen LogP contribution in [0.15, 0.2) is 24.6 Å². The molecule has 0 aliphatic carbocycles. The summed E-state index contributed by atoms with van der Waals surface area (Å²) in [4.78, 5) is 105. The first-order valence-corrected chi connectivity index (χ1v) is 36.1. The molecule has 0 bridgehead atoms. The van der Waals surface area contributed by atoms with Gasteiger partial charge in [-0.3, -0.25) is 28.8 Å². The summed E-state index contributed by atoms with van der Waals surface area (Å²) in [6.07, 6.45) is -0.525. The number of hydrogen-bond acceptors (Lipinski definition) is 28. The van der Waals surface area contributed by atoms with Crippen LogP contribution in [-0.4, -0.2) is 207 Å². The van der Waals surface area contributed by atoms with Gasteiger partial charge in [-0.25, -0.2) is 65.5 Å². The first kappa shape index (κ1) is 107. The summed E-state index contributed by atoms with van der Waals surface area (Å²) in [6, 6.07) is 0. The molecule has 0 radical (unpaired) electrons. The van der Waals surface area contributed by atoms with Gasteiger partial charge in [-0.05, 0) is 11.6 Å². The van der Waals surface area contributed by atoms with Crippen LogP contribution >= 0.6 is 90.1 Å². The summed E-state index contributed by atoms with van der Waals surface area (Å²) in [5.74, 6) is -8.35. The van der Waals surface area contributed by atoms with Crippen LogP contribution in [0, 0.1) is 4.78 Å². The molecule has 2 heterocycles. The zero-order chi connectivity index (χ0) is 64.0. The summed E-state index contributed by atoms with van der Waals surface area (Å²) in [5.41, 5.74) is 0. The number of hydroxylamine groups is 4. The third-order valence-electron chi connectivity index (χ3n) is 6.76. The van der Waals surface area contributed by atoms with E-state index in [0.717, 1.165) is 11.5 Å². The minimum Gasteiger partial charge on any atom is -1.00 e. The van der Waals surface area contributed by atoms with Gasteiger partial charge in [-0.15, -0.1) is 69.2 Å². The van der Waals surface area contributed by atoms with Crippen LogP contribution in [0.1, 0.15) is 60.2 Å². The number of carboxylic acid groups (broad SMARTS) is 2. The number of rotatable bonds is 24. The molecule has 49 heteroatoms. The Hall–Kier alpha value is -0.870. The minimum atomic E-state index is -3.50. The predicted molar refractivity (Wildman–Crippen MR) is 301 cm³/mol. The first-order chi connectivity index (χ1) is 36.0. The molecule has 0 atom stereocenters. The molecule has 2 saturated heterocycles. The van der Waals surface area contributed by atoms with Gasteiger partial charge in [-0.1, -0.05) is 20.6 Å². The number of aliphatic carboxylic acids is 2. The summed E-state index contributed by atoms with van der Waals surface area (Å²) in [7, 11) is -7.68. The molecule has 0 aromatic heterocycles. The van der Waals surface area contributed by atoms with Crippen LogP contribution in [0.2, 0.25) is 0 Å². The van der Waals surface area contributed by atoms with E-state index < -0.39 is 145 Å². The van der Waals surface area contributed by atoms with Gasteiger partial charge >= 0.3 is 93.6 Å². The second-order valence-corrected chi connectivity index (χ2v) is 29.5. The largest absolute Gasteiger partial charge is 1.00 e. The van der Waals surface area contributed by atoms with Crippen molar-refractivity contribution in [2.75, 3.05) is 69.5 Å². The molecule has 480 valence electrons. The number of nitrogens with zero attached hydrogens (tertiary/aromatic N) is 2. The molecule has 2 fully saturated rings. The van der Waals surface area contributed by atoms with Crippen molar-refractivity contribution in [3.05, 3.63) is 24.6 Å². The van der Waals surface area contributed by atoms with Crippen LogP contribution in [-0.2, 0) is 133 Å². The zero-order valence-electron chi connectivity index (χ0n) is 43.4. The van der Waals surface area contributed by atoms with Gasteiger partial charge in [0, 0.05) is 112 Å². The van der Waals surface area contributed by atoms with Crippen molar-refractivity contribution in [1.82, 2.24) is 10.1 Å². The molecule has 31 nitrogen and oxygen atoms in total. The van der Waals surface area contributed by atoms with E-state index in [2.05, 4.69) is 56.6 Å². The molecule has 2 rings (SSSR count). The number of alkyl halides is 4. The van der Waals surface area contributed by atoms with E-state index in [1.165, 1.54) is 0 Å². The molecule has 0 saturated carbocycles. The Labute approximate surface area is 572 Å². The van der Waals surface area contributed by atoms with Gasteiger partial charge in [0.15, 0.2) is 39.3 Å². The first-order valence-electron chi connectivity index (χ1n) is 19.7.